The molecule has 1 fully saturated rings. The number of halogens is 1. The van der Waals surface area contributed by atoms with Gasteiger partial charge in [0, 0.05) is 5.75 Å². The maximum absolute atomic E-state index is 11.1. The number of ether oxygens (including phenoxy) is 1. The minimum absolute atomic E-state index is 0.140. The van der Waals surface area contributed by atoms with Crippen molar-refractivity contribution in [3.8, 4) is 0 Å². The molecule has 4 heteroatoms. The summed E-state index contributed by atoms with van der Waals surface area (Å²) in [5.41, 5.74) is 0. The standard InChI is InChI=1S/C10H17BrO2S/c1-13-10(12)9(11)7-14-6-8-4-2-3-5-8/h8-9H,2-7H2,1H3. The lowest BCUT2D eigenvalue weighted by molar-refractivity contribution is -0.139. The Kier molecular flexibility index (Phi) is 5.94. The smallest absolute Gasteiger partial charge is 0.320 e. The van der Waals surface area contributed by atoms with E-state index >= 15 is 0 Å². The molecule has 0 spiro atoms. The molecule has 0 aromatic heterocycles. The molecule has 1 aliphatic carbocycles. The Morgan fingerprint density at radius 1 is 1.57 bits per heavy atom. The Hall–Kier alpha value is 0.300. The molecule has 0 saturated heterocycles. The maximum Gasteiger partial charge on any atom is 0.320 e. The minimum atomic E-state index is -0.163. The first kappa shape index (κ1) is 12.4. The SMILES string of the molecule is COC(=O)C(Br)CSCC1CCCC1. The van der Waals surface area contributed by atoms with Crippen molar-refractivity contribution in [1.29, 1.82) is 0 Å². The van der Waals surface area contributed by atoms with Crippen molar-refractivity contribution in [1.82, 2.24) is 0 Å². The maximum atomic E-state index is 11.1. The van der Waals surface area contributed by atoms with Gasteiger partial charge >= 0.3 is 5.97 Å². The number of thioether (sulfide) groups is 1. The molecule has 1 saturated carbocycles. The summed E-state index contributed by atoms with van der Waals surface area (Å²) in [6.45, 7) is 0. The second-order valence-electron chi connectivity index (χ2n) is 3.68. The molecule has 14 heavy (non-hydrogen) atoms. The minimum Gasteiger partial charge on any atom is -0.468 e. The average molecular weight is 281 g/mol. The van der Waals surface area contributed by atoms with Gasteiger partial charge in [-0.15, -0.1) is 0 Å². The van der Waals surface area contributed by atoms with E-state index in [4.69, 9.17) is 0 Å². The third-order valence-electron chi connectivity index (χ3n) is 2.55. The highest BCUT2D eigenvalue weighted by Gasteiger charge is 2.18. The fourth-order valence-electron chi connectivity index (χ4n) is 1.71. The quantitative estimate of drug-likeness (QED) is 0.572. The number of carbonyl (C=O) groups is 1. The second kappa shape index (κ2) is 6.72. The Morgan fingerprint density at radius 3 is 2.79 bits per heavy atom. The zero-order chi connectivity index (χ0) is 10.4. The summed E-state index contributed by atoms with van der Waals surface area (Å²) in [5, 5.41) is 0. The monoisotopic (exact) mass is 280 g/mol. The molecule has 1 atom stereocenters. The van der Waals surface area contributed by atoms with E-state index in [2.05, 4.69) is 20.7 Å². The molecule has 0 aliphatic heterocycles. The van der Waals surface area contributed by atoms with Crippen LogP contribution in [0.3, 0.4) is 0 Å². The highest BCUT2D eigenvalue weighted by molar-refractivity contribution is 9.10. The number of methoxy groups -OCH3 is 1. The van der Waals surface area contributed by atoms with Gasteiger partial charge in [0.05, 0.1) is 7.11 Å². The normalized spacial score (nSPS) is 19.6. The summed E-state index contributed by atoms with van der Waals surface area (Å²) in [6.07, 6.45) is 5.52. The van der Waals surface area contributed by atoms with Crippen molar-refractivity contribution < 1.29 is 9.53 Å². The van der Waals surface area contributed by atoms with Crippen LogP contribution in [0.15, 0.2) is 0 Å². The molecule has 0 radical (unpaired) electrons. The predicted octanol–water partition coefficient (Wildman–Crippen LogP) is 2.85. The molecule has 1 rings (SSSR count). The number of rotatable bonds is 5. The van der Waals surface area contributed by atoms with Crippen LogP contribution in [0.25, 0.3) is 0 Å². The van der Waals surface area contributed by atoms with E-state index in [0.717, 1.165) is 11.7 Å². The van der Waals surface area contributed by atoms with Gasteiger partial charge < -0.3 is 4.74 Å². The van der Waals surface area contributed by atoms with Gasteiger partial charge in [-0.3, -0.25) is 4.79 Å². The number of alkyl halides is 1. The first-order valence-corrected chi connectivity index (χ1v) is 7.10. The van der Waals surface area contributed by atoms with Crippen LogP contribution in [0.4, 0.5) is 0 Å². The fourth-order valence-corrected chi connectivity index (χ4v) is 3.60. The van der Waals surface area contributed by atoms with Crippen molar-refractivity contribution in [2.24, 2.45) is 5.92 Å². The van der Waals surface area contributed by atoms with Crippen molar-refractivity contribution >= 4 is 33.7 Å². The molecular weight excluding hydrogens is 264 g/mol. The highest BCUT2D eigenvalue weighted by atomic mass is 79.9. The molecule has 0 amide bonds. The summed E-state index contributed by atoms with van der Waals surface area (Å²) in [7, 11) is 1.43. The highest BCUT2D eigenvalue weighted by Crippen LogP contribution is 2.28. The van der Waals surface area contributed by atoms with Gasteiger partial charge in [0.25, 0.3) is 0 Å². The largest absolute Gasteiger partial charge is 0.468 e. The van der Waals surface area contributed by atoms with E-state index < -0.39 is 0 Å². The summed E-state index contributed by atoms with van der Waals surface area (Å²) in [5.74, 6) is 2.74. The summed E-state index contributed by atoms with van der Waals surface area (Å²) < 4.78 is 4.64. The van der Waals surface area contributed by atoms with Crippen LogP contribution in [0.1, 0.15) is 25.7 Å². The molecule has 1 unspecified atom stereocenters. The van der Waals surface area contributed by atoms with E-state index in [1.165, 1.54) is 38.5 Å². The Balaban J connectivity index is 2.05. The van der Waals surface area contributed by atoms with E-state index in [1.54, 1.807) is 0 Å². The molecule has 0 N–H and O–H groups in total. The first-order valence-electron chi connectivity index (χ1n) is 5.03. The van der Waals surface area contributed by atoms with Crippen molar-refractivity contribution in [2.45, 2.75) is 30.5 Å². The third kappa shape index (κ3) is 4.22. The van der Waals surface area contributed by atoms with Crippen LogP contribution < -0.4 is 0 Å². The zero-order valence-corrected chi connectivity index (χ0v) is 10.9. The lowest BCUT2D eigenvalue weighted by atomic mass is 10.1. The fraction of sp³-hybridized carbons (Fsp3) is 0.900. The van der Waals surface area contributed by atoms with E-state index in [1.807, 2.05) is 11.8 Å². The molecule has 1 aliphatic rings. The number of carbonyl (C=O) groups excluding carboxylic acids is 1. The van der Waals surface area contributed by atoms with Crippen LogP contribution in [0, 0.1) is 5.92 Å². The van der Waals surface area contributed by atoms with E-state index in [0.29, 0.717) is 0 Å². The molecule has 0 aromatic carbocycles. The number of esters is 1. The molecule has 2 nitrogen and oxygen atoms in total. The van der Waals surface area contributed by atoms with Gasteiger partial charge in [-0.1, -0.05) is 28.8 Å². The average Bonchev–Trinajstić information content (AvgIpc) is 2.69. The number of hydrogen-bond acceptors (Lipinski definition) is 3. The lowest BCUT2D eigenvalue weighted by Crippen LogP contribution is -2.18. The lowest BCUT2D eigenvalue weighted by Gasteiger charge is -2.10. The van der Waals surface area contributed by atoms with Crippen LogP contribution in [0.2, 0.25) is 0 Å². The topological polar surface area (TPSA) is 26.3 Å². The molecule has 0 bridgehead atoms. The van der Waals surface area contributed by atoms with Crippen LogP contribution in [-0.2, 0) is 9.53 Å². The van der Waals surface area contributed by atoms with Crippen LogP contribution in [-0.4, -0.2) is 29.4 Å². The predicted molar refractivity (Wildman–Crippen MR) is 64.0 cm³/mol. The Morgan fingerprint density at radius 2 is 2.21 bits per heavy atom. The molecule has 82 valence electrons. The second-order valence-corrected chi connectivity index (χ2v) is 5.86. The van der Waals surface area contributed by atoms with Crippen LogP contribution in [0.5, 0.6) is 0 Å². The van der Waals surface area contributed by atoms with E-state index in [9.17, 15) is 4.79 Å². The summed E-state index contributed by atoms with van der Waals surface area (Å²) in [6, 6.07) is 0. The Bertz CT molecular complexity index is 181. The molecular formula is C10H17BrO2S. The van der Waals surface area contributed by atoms with Crippen molar-refractivity contribution in [2.75, 3.05) is 18.6 Å². The first-order chi connectivity index (χ1) is 6.74. The van der Waals surface area contributed by atoms with Crippen molar-refractivity contribution in [3.63, 3.8) is 0 Å². The van der Waals surface area contributed by atoms with Gasteiger partial charge in [0.15, 0.2) is 0 Å². The Labute approximate surface area is 98.3 Å². The van der Waals surface area contributed by atoms with Gasteiger partial charge in [-0.25, -0.2) is 0 Å². The van der Waals surface area contributed by atoms with Crippen LogP contribution >= 0.6 is 27.7 Å². The summed E-state index contributed by atoms with van der Waals surface area (Å²) >= 11 is 5.17. The van der Waals surface area contributed by atoms with E-state index in [-0.39, 0.29) is 10.8 Å². The van der Waals surface area contributed by atoms with Gasteiger partial charge in [0.2, 0.25) is 0 Å². The summed E-state index contributed by atoms with van der Waals surface area (Å²) in [4.78, 5) is 10.9. The zero-order valence-electron chi connectivity index (χ0n) is 8.50. The van der Waals surface area contributed by atoms with Gasteiger partial charge in [-0.2, -0.15) is 11.8 Å². The third-order valence-corrected chi connectivity index (χ3v) is 4.95. The number of hydrogen-bond donors (Lipinski definition) is 0. The molecule has 0 heterocycles. The van der Waals surface area contributed by atoms with Gasteiger partial charge in [-0.05, 0) is 24.5 Å². The molecule has 0 aromatic rings. The van der Waals surface area contributed by atoms with Gasteiger partial charge in [0.1, 0.15) is 4.83 Å². The van der Waals surface area contributed by atoms with Crippen molar-refractivity contribution in [3.05, 3.63) is 0 Å².